The molecule has 0 amide bonds. The van der Waals surface area contributed by atoms with Crippen LogP contribution in [0.4, 0.5) is 0 Å². The second kappa shape index (κ2) is 5.26. The maximum atomic E-state index is 6.07. The molecule has 0 atom stereocenters. The van der Waals surface area contributed by atoms with Gasteiger partial charge in [-0.25, -0.2) is 4.98 Å². The van der Waals surface area contributed by atoms with Gasteiger partial charge in [0, 0.05) is 17.2 Å². The number of hydrogen-bond donors (Lipinski definition) is 1. The minimum absolute atomic E-state index is 0.243. The van der Waals surface area contributed by atoms with Crippen molar-refractivity contribution in [3.8, 4) is 17.2 Å². The Bertz CT molecular complexity index is 822. The number of ether oxygens (including phenoxy) is 3. The van der Waals surface area contributed by atoms with Crippen LogP contribution in [-0.4, -0.2) is 16.8 Å². The van der Waals surface area contributed by atoms with E-state index < -0.39 is 0 Å². The van der Waals surface area contributed by atoms with Gasteiger partial charge in [0.05, 0.1) is 16.1 Å². The minimum atomic E-state index is 0.243. The van der Waals surface area contributed by atoms with Gasteiger partial charge >= 0.3 is 0 Å². The van der Waals surface area contributed by atoms with E-state index in [1.54, 1.807) is 18.2 Å². The van der Waals surface area contributed by atoms with Crippen LogP contribution in [0.15, 0.2) is 30.3 Å². The summed E-state index contributed by atoms with van der Waals surface area (Å²) in [4.78, 5) is 7.65. The lowest BCUT2D eigenvalue weighted by Crippen LogP contribution is -1.97. The molecular formula is C15H10Cl2N2O3. The maximum absolute atomic E-state index is 6.07. The van der Waals surface area contributed by atoms with Crippen LogP contribution in [0, 0.1) is 0 Å². The van der Waals surface area contributed by atoms with Crippen LogP contribution in [-0.2, 0) is 6.61 Å². The van der Waals surface area contributed by atoms with Gasteiger partial charge in [-0.05, 0) is 18.2 Å². The number of rotatable bonds is 3. The molecule has 0 aliphatic carbocycles. The molecule has 2 aromatic carbocycles. The Morgan fingerprint density at radius 2 is 1.95 bits per heavy atom. The van der Waals surface area contributed by atoms with E-state index in [4.69, 9.17) is 37.4 Å². The van der Waals surface area contributed by atoms with Crippen molar-refractivity contribution in [2.24, 2.45) is 0 Å². The summed E-state index contributed by atoms with van der Waals surface area (Å²) < 4.78 is 16.3. The van der Waals surface area contributed by atoms with Crippen LogP contribution in [0.3, 0.4) is 0 Å². The van der Waals surface area contributed by atoms with Gasteiger partial charge in [0.2, 0.25) is 6.79 Å². The fraction of sp³-hybridized carbons (Fsp3) is 0.133. The lowest BCUT2D eigenvalue weighted by atomic mass is 10.3. The number of aromatic nitrogens is 2. The lowest BCUT2D eigenvalue weighted by molar-refractivity contribution is 0.174. The van der Waals surface area contributed by atoms with Gasteiger partial charge in [-0.2, -0.15) is 0 Å². The molecule has 7 heteroatoms. The predicted octanol–water partition coefficient (Wildman–Crippen LogP) is 4.18. The Morgan fingerprint density at radius 1 is 1.14 bits per heavy atom. The van der Waals surface area contributed by atoms with Gasteiger partial charge in [-0.1, -0.05) is 23.2 Å². The average Bonchev–Trinajstić information content (AvgIpc) is 3.08. The number of nitrogens with one attached hydrogen (secondary N) is 1. The molecule has 3 aromatic rings. The summed E-state index contributed by atoms with van der Waals surface area (Å²) in [5.41, 5.74) is 1.66. The topological polar surface area (TPSA) is 56.4 Å². The summed E-state index contributed by atoms with van der Waals surface area (Å²) in [7, 11) is 0. The van der Waals surface area contributed by atoms with Crippen LogP contribution in [0.1, 0.15) is 5.82 Å². The molecule has 0 spiro atoms. The third-order valence-electron chi connectivity index (χ3n) is 3.28. The van der Waals surface area contributed by atoms with E-state index in [1.807, 2.05) is 12.1 Å². The van der Waals surface area contributed by atoms with Crippen LogP contribution >= 0.6 is 23.2 Å². The van der Waals surface area contributed by atoms with Gasteiger partial charge in [-0.3, -0.25) is 0 Å². The zero-order valence-corrected chi connectivity index (χ0v) is 12.7. The number of imidazole rings is 1. The van der Waals surface area contributed by atoms with Crippen LogP contribution < -0.4 is 14.2 Å². The first-order valence-electron chi connectivity index (χ1n) is 6.55. The molecule has 1 aliphatic rings. The molecular weight excluding hydrogens is 327 g/mol. The minimum Gasteiger partial charge on any atom is -0.484 e. The van der Waals surface area contributed by atoms with Gasteiger partial charge in [-0.15, -0.1) is 0 Å². The molecule has 112 valence electrons. The van der Waals surface area contributed by atoms with Crippen LogP contribution in [0.5, 0.6) is 17.2 Å². The normalized spacial score (nSPS) is 12.8. The molecule has 1 N–H and O–H groups in total. The van der Waals surface area contributed by atoms with E-state index in [0.29, 0.717) is 33.1 Å². The summed E-state index contributed by atoms with van der Waals surface area (Å²) >= 11 is 11.9. The predicted molar refractivity (Wildman–Crippen MR) is 83.0 cm³/mol. The van der Waals surface area contributed by atoms with Gasteiger partial charge < -0.3 is 19.2 Å². The largest absolute Gasteiger partial charge is 0.484 e. The molecule has 22 heavy (non-hydrogen) atoms. The van der Waals surface area contributed by atoms with E-state index in [1.165, 1.54) is 0 Å². The quantitative estimate of drug-likeness (QED) is 0.779. The van der Waals surface area contributed by atoms with Gasteiger partial charge in [0.15, 0.2) is 11.5 Å². The van der Waals surface area contributed by atoms with Crippen molar-refractivity contribution in [1.82, 2.24) is 9.97 Å². The zero-order valence-electron chi connectivity index (χ0n) is 11.2. The molecule has 0 unspecified atom stereocenters. The van der Waals surface area contributed by atoms with Crippen molar-refractivity contribution < 1.29 is 14.2 Å². The molecule has 5 nitrogen and oxygen atoms in total. The molecule has 1 aromatic heterocycles. The summed E-state index contributed by atoms with van der Waals surface area (Å²) in [6, 6.07) is 8.79. The monoisotopic (exact) mass is 336 g/mol. The number of fused-ring (bicyclic) bond motifs is 2. The molecule has 0 saturated heterocycles. The Balaban J connectivity index is 1.57. The first kappa shape index (κ1) is 13.5. The average molecular weight is 337 g/mol. The second-order valence-electron chi connectivity index (χ2n) is 4.77. The maximum Gasteiger partial charge on any atom is 0.231 e. The molecule has 0 bridgehead atoms. The highest BCUT2D eigenvalue weighted by Crippen LogP contribution is 2.35. The van der Waals surface area contributed by atoms with Crippen molar-refractivity contribution in [3.63, 3.8) is 0 Å². The summed E-state index contributed by atoms with van der Waals surface area (Å²) in [6.45, 7) is 0.509. The van der Waals surface area contributed by atoms with Crippen LogP contribution in [0.25, 0.3) is 11.0 Å². The molecule has 4 rings (SSSR count). The van der Waals surface area contributed by atoms with Gasteiger partial charge in [0.25, 0.3) is 0 Å². The standard InChI is InChI=1S/C15H10Cl2N2O3/c16-8-1-2-12(9(17)3-8)20-6-15-18-10-4-13-14(22-7-21-13)5-11(10)19-15/h1-5H,6-7H2,(H,18,19). The highest BCUT2D eigenvalue weighted by molar-refractivity contribution is 6.35. The molecule has 0 radical (unpaired) electrons. The Morgan fingerprint density at radius 3 is 2.77 bits per heavy atom. The van der Waals surface area contributed by atoms with Crippen molar-refractivity contribution in [2.45, 2.75) is 6.61 Å². The molecule has 0 saturated carbocycles. The summed E-state index contributed by atoms with van der Waals surface area (Å²) in [6.07, 6.45) is 0. The highest BCUT2D eigenvalue weighted by atomic mass is 35.5. The zero-order chi connectivity index (χ0) is 15.1. The SMILES string of the molecule is Clc1ccc(OCc2nc3cc4c(cc3[nH]2)OCO4)c(Cl)c1. The van der Waals surface area contributed by atoms with E-state index >= 15 is 0 Å². The van der Waals surface area contributed by atoms with E-state index in [0.717, 1.165) is 11.0 Å². The Hall–Kier alpha value is -2.11. The fourth-order valence-electron chi connectivity index (χ4n) is 2.26. The number of benzene rings is 2. The number of H-pyrrole nitrogens is 1. The third-order valence-corrected chi connectivity index (χ3v) is 3.81. The first-order chi connectivity index (χ1) is 10.7. The summed E-state index contributed by atoms with van der Waals surface area (Å²) in [5, 5.41) is 1.03. The van der Waals surface area contributed by atoms with E-state index in [9.17, 15) is 0 Å². The number of nitrogens with zero attached hydrogens (tertiary/aromatic N) is 1. The Kier molecular flexibility index (Phi) is 3.24. The summed E-state index contributed by atoms with van der Waals surface area (Å²) in [5.74, 6) is 2.65. The van der Waals surface area contributed by atoms with Crippen molar-refractivity contribution >= 4 is 34.2 Å². The second-order valence-corrected chi connectivity index (χ2v) is 5.61. The van der Waals surface area contributed by atoms with Crippen molar-refractivity contribution in [2.75, 3.05) is 6.79 Å². The number of aromatic amines is 1. The number of halogens is 2. The van der Waals surface area contributed by atoms with E-state index in [-0.39, 0.29) is 13.4 Å². The smallest absolute Gasteiger partial charge is 0.231 e. The Labute approximate surface area is 135 Å². The fourth-order valence-corrected chi connectivity index (χ4v) is 2.72. The molecule has 2 heterocycles. The lowest BCUT2D eigenvalue weighted by Gasteiger charge is -2.06. The van der Waals surface area contributed by atoms with E-state index in [2.05, 4.69) is 9.97 Å². The molecule has 0 fully saturated rings. The first-order valence-corrected chi connectivity index (χ1v) is 7.31. The van der Waals surface area contributed by atoms with Crippen molar-refractivity contribution in [1.29, 1.82) is 0 Å². The van der Waals surface area contributed by atoms with Crippen molar-refractivity contribution in [3.05, 3.63) is 46.2 Å². The third kappa shape index (κ3) is 2.42. The highest BCUT2D eigenvalue weighted by Gasteiger charge is 2.16. The number of hydrogen-bond acceptors (Lipinski definition) is 4. The van der Waals surface area contributed by atoms with Crippen LogP contribution in [0.2, 0.25) is 10.0 Å². The van der Waals surface area contributed by atoms with Gasteiger partial charge in [0.1, 0.15) is 18.2 Å². The molecule has 1 aliphatic heterocycles.